The van der Waals surface area contributed by atoms with Crippen molar-refractivity contribution in [2.45, 2.75) is 0 Å². The van der Waals surface area contributed by atoms with Crippen LogP contribution in [0.15, 0.2) is 71.2 Å². The summed E-state index contributed by atoms with van der Waals surface area (Å²) in [7, 11) is 0. The number of nitrogens with one attached hydrogen (secondary N) is 2. The summed E-state index contributed by atoms with van der Waals surface area (Å²) in [6, 6.07) is 19.2. The van der Waals surface area contributed by atoms with Crippen LogP contribution in [0.4, 0.5) is 11.4 Å². The van der Waals surface area contributed by atoms with Crippen molar-refractivity contribution >= 4 is 73.3 Å². The van der Waals surface area contributed by atoms with E-state index in [0.717, 1.165) is 8.04 Å². The van der Waals surface area contributed by atoms with Gasteiger partial charge < -0.3 is 10.6 Å². The minimum Gasteiger partial charge on any atom is -0.322 e. The molecule has 0 radical (unpaired) electrons. The molecule has 2 N–H and O–H groups in total. The Balaban J connectivity index is 1.66. The Bertz CT molecular complexity index is 992. The molecule has 0 atom stereocenters. The Morgan fingerprint density at radius 3 is 1.96 bits per heavy atom. The van der Waals surface area contributed by atoms with Crippen molar-refractivity contribution < 1.29 is 9.59 Å². The second kappa shape index (κ2) is 8.86. The van der Waals surface area contributed by atoms with Crippen LogP contribution in [0.2, 0.25) is 5.02 Å². The largest absolute Gasteiger partial charge is 0.322 e. The van der Waals surface area contributed by atoms with E-state index in [1.165, 1.54) is 0 Å². The second-order valence-electron chi connectivity index (χ2n) is 5.62. The highest BCUT2D eigenvalue weighted by Gasteiger charge is 2.11. The quantitative estimate of drug-likeness (QED) is 0.376. The lowest BCUT2D eigenvalue weighted by Crippen LogP contribution is -2.13. The molecule has 0 saturated heterocycles. The third-order valence-electron chi connectivity index (χ3n) is 3.68. The van der Waals surface area contributed by atoms with E-state index >= 15 is 0 Å². The first kappa shape index (κ1) is 19.9. The SMILES string of the molecule is O=C(Nc1ccc(NC(=O)c2cc(I)ccc2Cl)cc1)c1ccc(Br)cc1. The molecule has 0 aliphatic heterocycles. The zero-order valence-electron chi connectivity index (χ0n) is 13.8. The molecule has 0 spiro atoms. The lowest BCUT2D eigenvalue weighted by Gasteiger charge is -2.09. The fourth-order valence-corrected chi connectivity index (χ4v) is 3.27. The molecule has 0 bridgehead atoms. The van der Waals surface area contributed by atoms with Gasteiger partial charge in [0.05, 0.1) is 10.6 Å². The van der Waals surface area contributed by atoms with Gasteiger partial charge in [0.2, 0.25) is 0 Å². The van der Waals surface area contributed by atoms with Gasteiger partial charge in [-0.05, 0) is 89.3 Å². The van der Waals surface area contributed by atoms with Crippen LogP contribution in [0.3, 0.4) is 0 Å². The molecule has 0 aliphatic carbocycles. The second-order valence-corrected chi connectivity index (χ2v) is 8.19. The van der Waals surface area contributed by atoms with E-state index in [0.29, 0.717) is 27.5 Å². The van der Waals surface area contributed by atoms with Gasteiger partial charge in [-0.2, -0.15) is 0 Å². The lowest BCUT2D eigenvalue weighted by atomic mass is 10.2. The number of benzene rings is 3. The first-order chi connectivity index (χ1) is 12.9. The van der Waals surface area contributed by atoms with Gasteiger partial charge in [0.1, 0.15) is 0 Å². The van der Waals surface area contributed by atoms with Crippen molar-refractivity contribution in [1.82, 2.24) is 0 Å². The zero-order chi connectivity index (χ0) is 19.4. The number of anilines is 2. The van der Waals surface area contributed by atoms with E-state index in [2.05, 4.69) is 49.2 Å². The Labute approximate surface area is 183 Å². The first-order valence-electron chi connectivity index (χ1n) is 7.86. The van der Waals surface area contributed by atoms with Crippen LogP contribution in [-0.2, 0) is 0 Å². The zero-order valence-corrected chi connectivity index (χ0v) is 18.3. The fraction of sp³-hybridized carbons (Fsp3) is 0. The number of carbonyl (C=O) groups is 2. The van der Waals surface area contributed by atoms with E-state index in [-0.39, 0.29) is 11.8 Å². The van der Waals surface area contributed by atoms with Gasteiger partial charge in [0, 0.05) is 25.0 Å². The van der Waals surface area contributed by atoms with Gasteiger partial charge in [-0.15, -0.1) is 0 Å². The van der Waals surface area contributed by atoms with E-state index in [1.807, 2.05) is 18.2 Å². The number of carbonyl (C=O) groups excluding carboxylic acids is 2. The highest BCUT2D eigenvalue weighted by Crippen LogP contribution is 2.21. The Morgan fingerprint density at radius 2 is 1.37 bits per heavy atom. The molecule has 3 rings (SSSR count). The molecule has 4 nitrogen and oxygen atoms in total. The smallest absolute Gasteiger partial charge is 0.257 e. The van der Waals surface area contributed by atoms with Crippen molar-refractivity contribution in [2.24, 2.45) is 0 Å². The van der Waals surface area contributed by atoms with Crippen molar-refractivity contribution in [2.75, 3.05) is 10.6 Å². The third-order valence-corrected chi connectivity index (χ3v) is 5.21. The average molecular weight is 556 g/mol. The number of hydrogen-bond acceptors (Lipinski definition) is 2. The van der Waals surface area contributed by atoms with Crippen molar-refractivity contribution in [3.05, 3.63) is 90.9 Å². The molecule has 0 heterocycles. The fourth-order valence-electron chi connectivity index (χ4n) is 2.31. The Morgan fingerprint density at radius 1 is 0.815 bits per heavy atom. The molecule has 0 aromatic heterocycles. The monoisotopic (exact) mass is 554 g/mol. The Hall–Kier alpha value is -1.90. The minimum atomic E-state index is -0.287. The predicted octanol–water partition coefficient (Wildman–Crippen LogP) is 6.21. The van der Waals surface area contributed by atoms with E-state index < -0.39 is 0 Å². The topological polar surface area (TPSA) is 58.2 Å². The molecule has 27 heavy (non-hydrogen) atoms. The average Bonchev–Trinajstić information content (AvgIpc) is 2.65. The van der Waals surface area contributed by atoms with Crippen molar-refractivity contribution in [1.29, 1.82) is 0 Å². The van der Waals surface area contributed by atoms with Crippen molar-refractivity contribution in [3.63, 3.8) is 0 Å². The summed E-state index contributed by atoms with van der Waals surface area (Å²) < 4.78 is 1.83. The first-order valence-corrected chi connectivity index (χ1v) is 10.1. The summed E-state index contributed by atoms with van der Waals surface area (Å²) in [6.07, 6.45) is 0. The van der Waals surface area contributed by atoms with Crippen LogP contribution in [0, 0.1) is 3.57 Å². The predicted molar refractivity (Wildman–Crippen MR) is 121 cm³/mol. The molecular weight excluding hydrogens is 542 g/mol. The van der Waals surface area contributed by atoms with Crippen molar-refractivity contribution in [3.8, 4) is 0 Å². The van der Waals surface area contributed by atoms with E-state index in [1.54, 1.807) is 48.5 Å². The van der Waals surface area contributed by atoms with E-state index in [4.69, 9.17) is 11.6 Å². The molecule has 2 amide bonds. The number of rotatable bonds is 4. The number of amides is 2. The summed E-state index contributed by atoms with van der Waals surface area (Å²) in [4.78, 5) is 24.6. The van der Waals surface area contributed by atoms with Crippen LogP contribution < -0.4 is 10.6 Å². The third kappa shape index (κ3) is 5.31. The molecular formula is C20H13BrClIN2O2. The molecule has 3 aromatic rings. The summed E-state index contributed by atoms with van der Waals surface area (Å²) in [5.41, 5.74) is 2.21. The van der Waals surface area contributed by atoms with Crippen LogP contribution in [-0.4, -0.2) is 11.8 Å². The molecule has 0 fully saturated rings. The molecule has 136 valence electrons. The normalized spacial score (nSPS) is 10.3. The van der Waals surface area contributed by atoms with Gasteiger partial charge in [0.25, 0.3) is 11.8 Å². The number of hydrogen-bond donors (Lipinski definition) is 2. The lowest BCUT2D eigenvalue weighted by molar-refractivity contribution is 0.101. The van der Waals surface area contributed by atoms with Gasteiger partial charge in [-0.1, -0.05) is 27.5 Å². The molecule has 0 aliphatic rings. The van der Waals surface area contributed by atoms with Crippen LogP contribution >= 0.6 is 50.1 Å². The molecule has 7 heteroatoms. The van der Waals surface area contributed by atoms with E-state index in [9.17, 15) is 9.59 Å². The maximum atomic E-state index is 12.4. The van der Waals surface area contributed by atoms with Gasteiger partial charge in [-0.25, -0.2) is 0 Å². The summed E-state index contributed by atoms with van der Waals surface area (Å²) in [5.74, 6) is -0.491. The summed E-state index contributed by atoms with van der Waals surface area (Å²) in [6.45, 7) is 0. The molecule has 0 saturated carbocycles. The maximum Gasteiger partial charge on any atom is 0.257 e. The van der Waals surface area contributed by atoms with Crippen LogP contribution in [0.1, 0.15) is 20.7 Å². The van der Waals surface area contributed by atoms with Crippen LogP contribution in [0.5, 0.6) is 0 Å². The number of halogens is 3. The molecule has 0 unspecified atom stereocenters. The minimum absolute atomic E-state index is 0.204. The van der Waals surface area contributed by atoms with Crippen LogP contribution in [0.25, 0.3) is 0 Å². The van der Waals surface area contributed by atoms with Gasteiger partial charge in [-0.3, -0.25) is 9.59 Å². The summed E-state index contributed by atoms with van der Waals surface area (Å²) in [5, 5.41) is 6.01. The standard InChI is InChI=1S/C20H13BrClIN2O2/c21-13-3-1-12(2-4-13)19(26)24-15-6-8-16(9-7-15)25-20(27)17-11-14(23)5-10-18(17)22/h1-11H,(H,24,26)(H,25,27). The van der Waals surface area contributed by atoms with Gasteiger partial charge in [0.15, 0.2) is 0 Å². The molecule has 3 aromatic carbocycles. The maximum absolute atomic E-state index is 12.4. The summed E-state index contributed by atoms with van der Waals surface area (Å²) >= 11 is 11.6. The Kier molecular flexibility index (Phi) is 6.51. The highest BCUT2D eigenvalue weighted by atomic mass is 127. The van der Waals surface area contributed by atoms with Gasteiger partial charge >= 0.3 is 0 Å². The highest BCUT2D eigenvalue weighted by molar-refractivity contribution is 14.1.